The summed E-state index contributed by atoms with van der Waals surface area (Å²) in [6.45, 7) is 7.99. The second kappa shape index (κ2) is 8.98. The molecule has 1 fully saturated rings. The van der Waals surface area contributed by atoms with E-state index in [0.29, 0.717) is 23.6 Å². The molecule has 2 heterocycles. The van der Waals surface area contributed by atoms with Gasteiger partial charge >= 0.3 is 0 Å². The predicted molar refractivity (Wildman–Crippen MR) is 107 cm³/mol. The van der Waals surface area contributed by atoms with Gasteiger partial charge in [-0.3, -0.25) is 4.90 Å². The van der Waals surface area contributed by atoms with Crippen LogP contribution in [0.25, 0.3) is 0 Å². The molecule has 1 aromatic carbocycles. The highest BCUT2D eigenvalue weighted by Crippen LogP contribution is 2.22. The summed E-state index contributed by atoms with van der Waals surface area (Å²) >= 11 is 5.78. The lowest BCUT2D eigenvalue weighted by Crippen LogP contribution is -2.52. The number of aliphatic imine (C=N–C) groups is 1. The number of amidine groups is 1. The van der Waals surface area contributed by atoms with Gasteiger partial charge in [0.05, 0.1) is 10.7 Å². The van der Waals surface area contributed by atoms with E-state index in [2.05, 4.69) is 39.4 Å². The van der Waals surface area contributed by atoms with Crippen molar-refractivity contribution in [3.8, 4) is 0 Å². The number of hydrogen-bond donors (Lipinski definition) is 2. The van der Waals surface area contributed by atoms with Crippen LogP contribution in [-0.4, -0.2) is 46.2 Å². The maximum atomic E-state index is 13.3. The monoisotopic (exact) mass is 408 g/mol. The zero-order valence-corrected chi connectivity index (χ0v) is 17.0. The van der Waals surface area contributed by atoms with Crippen molar-refractivity contribution >= 4 is 23.1 Å². The molecule has 9 heteroatoms. The molecule has 1 aliphatic rings. The van der Waals surface area contributed by atoms with E-state index in [0.717, 1.165) is 19.6 Å². The van der Waals surface area contributed by atoms with Gasteiger partial charge < -0.3 is 11.1 Å². The number of likely N-dealkylation sites (tertiary alicyclic amines) is 1. The molecule has 2 aromatic rings. The number of hydrogen-bond acceptors (Lipinski definition) is 6. The van der Waals surface area contributed by atoms with E-state index < -0.39 is 5.82 Å². The minimum absolute atomic E-state index is 0.0193. The quantitative estimate of drug-likeness (QED) is 0.539. The molecule has 28 heavy (non-hydrogen) atoms. The molecule has 0 atom stereocenters. The fourth-order valence-corrected chi connectivity index (χ4v) is 3.54. The average Bonchev–Trinajstić information content (AvgIpc) is 3.14. The van der Waals surface area contributed by atoms with Crippen LogP contribution < -0.4 is 11.1 Å². The SMILES string of the molecule is CC(C)(CNCc1nonc1C(N)=Nc1ccc(F)c(Cl)c1)N1CCCCC1. The summed E-state index contributed by atoms with van der Waals surface area (Å²) in [5.41, 5.74) is 7.46. The second-order valence-corrected chi connectivity index (χ2v) is 8.03. The normalized spacial score (nSPS) is 16.5. The molecule has 1 saturated heterocycles. The first kappa shape index (κ1) is 20.7. The third-order valence-electron chi connectivity index (χ3n) is 5.01. The van der Waals surface area contributed by atoms with Gasteiger partial charge in [-0.25, -0.2) is 14.0 Å². The fraction of sp³-hybridized carbons (Fsp3) is 0.526. The number of nitrogens with one attached hydrogen (secondary N) is 1. The molecule has 7 nitrogen and oxygen atoms in total. The van der Waals surface area contributed by atoms with Crippen LogP contribution in [0.3, 0.4) is 0 Å². The molecule has 0 saturated carbocycles. The molecule has 0 bridgehead atoms. The molecule has 3 rings (SSSR count). The molecule has 1 aromatic heterocycles. The molecular weight excluding hydrogens is 383 g/mol. The summed E-state index contributed by atoms with van der Waals surface area (Å²) in [6, 6.07) is 4.12. The van der Waals surface area contributed by atoms with Crippen molar-refractivity contribution in [3.05, 3.63) is 40.4 Å². The number of piperidine rings is 1. The van der Waals surface area contributed by atoms with E-state index in [1.165, 1.54) is 37.5 Å². The van der Waals surface area contributed by atoms with Crippen LogP contribution in [0.15, 0.2) is 27.8 Å². The van der Waals surface area contributed by atoms with E-state index in [1.54, 1.807) is 0 Å². The fourth-order valence-electron chi connectivity index (χ4n) is 3.36. The van der Waals surface area contributed by atoms with Crippen LogP contribution in [0.4, 0.5) is 10.1 Å². The van der Waals surface area contributed by atoms with E-state index in [9.17, 15) is 4.39 Å². The number of halogens is 2. The zero-order valence-electron chi connectivity index (χ0n) is 16.2. The van der Waals surface area contributed by atoms with Gasteiger partial charge in [0.15, 0.2) is 11.5 Å². The third kappa shape index (κ3) is 5.06. The van der Waals surface area contributed by atoms with Gasteiger partial charge in [0.25, 0.3) is 0 Å². The van der Waals surface area contributed by atoms with Crippen LogP contribution in [0, 0.1) is 5.82 Å². The molecule has 3 N–H and O–H groups in total. The number of aromatic nitrogens is 2. The summed E-state index contributed by atoms with van der Waals surface area (Å²) in [7, 11) is 0. The van der Waals surface area contributed by atoms with Gasteiger partial charge in [-0.15, -0.1) is 0 Å². The van der Waals surface area contributed by atoms with Gasteiger partial charge in [-0.2, -0.15) is 0 Å². The van der Waals surface area contributed by atoms with Crippen LogP contribution in [0.2, 0.25) is 5.02 Å². The Balaban J connectivity index is 1.63. The van der Waals surface area contributed by atoms with Crippen molar-refractivity contribution in [3.63, 3.8) is 0 Å². The smallest absolute Gasteiger partial charge is 0.174 e. The lowest BCUT2D eigenvalue weighted by molar-refractivity contribution is 0.0940. The van der Waals surface area contributed by atoms with Gasteiger partial charge in [-0.05, 0) is 63.1 Å². The number of nitrogens with two attached hydrogens (primary N) is 1. The van der Waals surface area contributed by atoms with Crippen molar-refractivity contribution in [1.82, 2.24) is 20.5 Å². The van der Waals surface area contributed by atoms with Gasteiger partial charge in [-0.1, -0.05) is 23.2 Å². The van der Waals surface area contributed by atoms with E-state index in [1.807, 2.05) is 0 Å². The maximum absolute atomic E-state index is 13.3. The van der Waals surface area contributed by atoms with Crippen LogP contribution in [0.5, 0.6) is 0 Å². The van der Waals surface area contributed by atoms with E-state index >= 15 is 0 Å². The summed E-state index contributed by atoms with van der Waals surface area (Å²) in [6.07, 6.45) is 3.81. The lowest BCUT2D eigenvalue weighted by Gasteiger charge is -2.41. The molecule has 1 aliphatic heterocycles. The Kier molecular flexibility index (Phi) is 6.64. The summed E-state index contributed by atoms with van der Waals surface area (Å²) in [4.78, 5) is 6.75. The molecule has 0 spiro atoms. The van der Waals surface area contributed by atoms with Crippen molar-refractivity contribution in [2.75, 3.05) is 19.6 Å². The highest BCUT2D eigenvalue weighted by Gasteiger charge is 2.27. The van der Waals surface area contributed by atoms with Crippen LogP contribution >= 0.6 is 11.6 Å². The van der Waals surface area contributed by atoms with Crippen LogP contribution in [-0.2, 0) is 6.54 Å². The van der Waals surface area contributed by atoms with Crippen molar-refractivity contribution in [2.45, 2.75) is 45.2 Å². The van der Waals surface area contributed by atoms with Crippen molar-refractivity contribution in [1.29, 1.82) is 0 Å². The first-order chi connectivity index (χ1) is 13.4. The Morgan fingerprint density at radius 2 is 2.07 bits per heavy atom. The Bertz CT molecular complexity index is 832. The number of rotatable bonds is 7. The maximum Gasteiger partial charge on any atom is 0.174 e. The highest BCUT2D eigenvalue weighted by molar-refractivity contribution is 6.31. The van der Waals surface area contributed by atoms with E-state index in [4.69, 9.17) is 22.0 Å². The Hall–Kier alpha value is -2.03. The molecule has 0 amide bonds. The number of benzene rings is 1. The highest BCUT2D eigenvalue weighted by atomic mass is 35.5. The summed E-state index contributed by atoms with van der Waals surface area (Å²) in [5.74, 6) is -0.375. The molecule has 0 aliphatic carbocycles. The van der Waals surface area contributed by atoms with Gasteiger partial charge in [0.1, 0.15) is 11.5 Å². The third-order valence-corrected chi connectivity index (χ3v) is 5.30. The summed E-state index contributed by atoms with van der Waals surface area (Å²) in [5, 5.41) is 11.2. The van der Waals surface area contributed by atoms with Gasteiger partial charge in [0, 0.05) is 18.6 Å². The Morgan fingerprint density at radius 3 is 2.79 bits per heavy atom. The standard InChI is InChI=1S/C19H26ClFN6O/c1-19(2,27-8-4-3-5-9-27)12-23-11-16-17(26-28-25-16)18(22)24-13-6-7-15(21)14(20)10-13/h6-7,10,23H,3-5,8-9,11-12H2,1-2H3,(H2,22,24). The van der Waals surface area contributed by atoms with Crippen molar-refractivity contribution < 1.29 is 9.02 Å². The van der Waals surface area contributed by atoms with Gasteiger partial charge in [0.2, 0.25) is 0 Å². The minimum atomic E-state index is -0.511. The minimum Gasteiger partial charge on any atom is -0.382 e. The molecule has 0 radical (unpaired) electrons. The zero-order chi connectivity index (χ0) is 20.1. The lowest BCUT2D eigenvalue weighted by atomic mass is 9.98. The first-order valence-electron chi connectivity index (χ1n) is 9.43. The second-order valence-electron chi connectivity index (χ2n) is 7.62. The summed E-state index contributed by atoms with van der Waals surface area (Å²) < 4.78 is 18.1. The first-order valence-corrected chi connectivity index (χ1v) is 9.81. The van der Waals surface area contributed by atoms with E-state index in [-0.39, 0.29) is 16.4 Å². The van der Waals surface area contributed by atoms with Crippen molar-refractivity contribution in [2.24, 2.45) is 10.7 Å². The molecule has 0 unspecified atom stereocenters. The largest absolute Gasteiger partial charge is 0.382 e. The van der Waals surface area contributed by atoms with Crippen LogP contribution in [0.1, 0.15) is 44.5 Å². The molecule has 152 valence electrons. The average molecular weight is 409 g/mol. The number of nitrogens with zero attached hydrogens (tertiary/aromatic N) is 4. The predicted octanol–water partition coefficient (Wildman–Crippen LogP) is 3.25. The Labute approximate surface area is 169 Å². The molecular formula is C19H26ClFN6O. The topological polar surface area (TPSA) is 92.6 Å². The Morgan fingerprint density at radius 1 is 1.32 bits per heavy atom.